The molecule has 0 aliphatic carbocycles. The SMILES string of the molecule is CNC(c1ccc(C)c(Cl)c1)C1CCN(C(=O)OC(C)(C)C)C1. The van der Waals surface area contributed by atoms with E-state index in [2.05, 4.69) is 11.4 Å². The Morgan fingerprint density at radius 2 is 2.13 bits per heavy atom. The van der Waals surface area contributed by atoms with Crippen LogP contribution in [0.3, 0.4) is 0 Å². The first kappa shape index (κ1) is 18.1. The minimum absolute atomic E-state index is 0.181. The molecule has 0 saturated carbocycles. The van der Waals surface area contributed by atoms with E-state index in [0.717, 1.165) is 23.6 Å². The van der Waals surface area contributed by atoms with Crippen molar-refractivity contribution in [2.24, 2.45) is 5.92 Å². The molecular formula is C18H27ClN2O2. The molecule has 0 radical (unpaired) electrons. The Balaban J connectivity index is 2.06. The van der Waals surface area contributed by atoms with E-state index >= 15 is 0 Å². The summed E-state index contributed by atoms with van der Waals surface area (Å²) in [5, 5.41) is 4.16. The highest BCUT2D eigenvalue weighted by molar-refractivity contribution is 6.31. The number of nitrogens with zero attached hydrogens (tertiary/aromatic N) is 1. The third-order valence-corrected chi connectivity index (χ3v) is 4.62. The van der Waals surface area contributed by atoms with Gasteiger partial charge in [0.05, 0.1) is 0 Å². The number of ether oxygens (including phenoxy) is 1. The molecule has 5 heteroatoms. The predicted molar refractivity (Wildman–Crippen MR) is 93.9 cm³/mol. The maximum absolute atomic E-state index is 12.2. The molecule has 1 aliphatic heterocycles. The molecule has 1 aromatic carbocycles. The number of aryl methyl sites for hydroxylation is 1. The second-order valence-corrected chi connectivity index (χ2v) is 7.66. The van der Waals surface area contributed by atoms with Gasteiger partial charge in [-0.1, -0.05) is 23.7 Å². The maximum atomic E-state index is 12.2. The van der Waals surface area contributed by atoms with Crippen molar-refractivity contribution in [1.29, 1.82) is 0 Å². The highest BCUT2D eigenvalue weighted by atomic mass is 35.5. The first-order valence-corrected chi connectivity index (χ1v) is 8.50. The number of carbonyl (C=O) groups is 1. The Kier molecular flexibility index (Phi) is 5.58. The standard InChI is InChI=1S/C18H27ClN2O2/c1-12-6-7-13(10-15(12)19)16(20-5)14-8-9-21(11-14)17(22)23-18(2,3)4/h6-7,10,14,16,20H,8-9,11H2,1-5H3. The highest BCUT2D eigenvalue weighted by Gasteiger charge is 2.34. The zero-order valence-corrected chi connectivity index (χ0v) is 15.4. The van der Waals surface area contributed by atoms with Crippen molar-refractivity contribution >= 4 is 17.7 Å². The van der Waals surface area contributed by atoms with Gasteiger partial charge >= 0.3 is 6.09 Å². The van der Waals surface area contributed by atoms with Gasteiger partial charge in [-0.25, -0.2) is 4.79 Å². The molecule has 1 fully saturated rings. The van der Waals surface area contributed by atoms with Crippen LogP contribution in [-0.4, -0.2) is 36.7 Å². The molecule has 1 saturated heterocycles. The van der Waals surface area contributed by atoms with Gasteiger partial charge in [0.1, 0.15) is 5.60 Å². The Hall–Kier alpha value is -1.26. The quantitative estimate of drug-likeness (QED) is 0.899. The van der Waals surface area contributed by atoms with E-state index in [4.69, 9.17) is 16.3 Å². The molecule has 1 heterocycles. The summed E-state index contributed by atoms with van der Waals surface area (Å²) in [5.41, 5.74) is 1.79. The van der Waals surface area contributed by atoms with E-state index in [1.807, 2.05) is 46.9 Å². The molecule has 2 rings (SSSR count). The predicted octanol–water partition coefficient (Wildman–Crippen LogP) is 4.17. The van der Waals surface area contributed by atoms with E-state index in [-0.39, 0.29) is 12.1 Å². The van der Waals surface area contributed by atoms with E-state index in [0.29, 0.717) is 12.5 Å². The Bertz CT molecular complexity index is 569. The van der Waals surface area contributed by atoms with Gasteiger partial charge in [0.25, 0.3) is 0 Å². The van der Waals surface area contributed by atoms with Gasteiger partial charge in [0.2, 0.25) is 0 Å². The topological polar surface area (TPSA) is 41.6 Å². The van der Waals surface area contributed by atoms with Gasteiger partial charge in [-0.15, -0.1) is 0 Å². The normalized spacial score (nSPS) is 19.7. The molecule has 1 aromatic rings. The van der Waals surface area contributed by atoms with Crippen molar-refractivity contribution in [3.63, 3.8) is 0 Å². The zero-order chi connectivity index (χ0) is 17.2. The minimum Gasteiger partial charge on any atom is -0.444 e. The lowest BCUT2D eigenvalue weighted by Gasteiger charge is -2.26. The van der Waals surface area contributed by atoms with Gasteiger partial charge in [-0.2, -0.15) is 0 Å². The van der Waals surface area contributed by atoms with E-state index in [1.165, 1.54) is 5.56 Å². The summed E-state index contributed by atoms with van der Waals surface area (Å²) < 4.78 is 5.47. The van der Waals surface area contributed by atoms with Crippen LogP contribution in [0.5, 0.6) is 0 Å². The van der Waals surface area contributed by atoms with Crippen LogP contribution in [0.4, 0.5) is 4.79 Å². The average molecular weight is 339 g/mol. The van der Waals surface area contributed by atoms with Gasteiger partial charge in [-0.05, 0) is 64.3 Å². The number of carbonyl (C=O) groups excluding carboxylic acids is 1. The molecule has 1 N–H and O–H groups in total. The maximum Gasteiger partial charge on any atom is 0.410 e. The number of rotatable bonds is 3. The Labute approximate surface area is 144 Å². The van der Waals surface area contributed by atoms with Crippen LogP contribution in [0.25, 0.3) is 0 Å². The smallest absolute Gasteiger partial charge is 0.410 e. The summed E-state index contributed by atoms with van der Waals surface area (Å²) in [6.45, 7) is 9.11. The van der Waals surface area contributed by atoms with Crippen LogP contribution in [-0.2, 0) is 4.74 Å². The number of hydrogen-bond acceptors (Lipinski definition) is 3. The summed E-state index contributed by atoms with van der Waals surface area (Å²) >= 11 is 6.26. The zero-order valence-electron chi connectivity index (χ0n) is 14.6. The molecule has 0 aromatic heterocycles. The van der Waals surface area contributed by atoms with Crippen molar-refractivity contribution in [1.82, 2.24) is 10.2 Å². The molecule has 2 unspecified atom stereocenters. The van der Waals surface area contributed by atoms with Gasteiger partial charge < -0.3 is 15.0 Å². The van der Waals surface area contributed by atoms with Crippen LogP contribution >= 0.6 is 11.6 Å². The summed E-state index contributed by atoms with van der Waals surface area (Å²) in [7, 11) is 1.95. The molecule has 4 nitrogen and oxygen atoms in total. The van der Waals surface area contributed by atoms with Crippen molar-refractivity contribution in [2.75, 3.05) is 20.1 Å². The third kappa shape index (κ3) is 4.61. The second-order valence-electron chi connectivity index (χ2n) is 7.25. The average Bonchev–Trinajstić information content (AvgIpc) is 2.91. The molecule has 23 heavy (non-hydrogen) atoms. The monoisotopic (exact) mass is 338 g/mol. The lowest BCUT2D eigenvalue weighted by molar-refractivity contribution is 0.0285. The molecule has 128 valence electrons. The van der Waals surface area contributed by atoms with E-state index in [9.17, 15) is 4.79 Å². The van der Waals surface area contributed by atoms with Gasteiger partial charge in [0, 0.05) is 24.2 Å². The number of hydrogen-bond donors (Lipinski definition) is 1. The molecule has 0 bridgehead atoms. The molecule has 1 aliphatic rings. The highest BCUT2D eigenvalue weighted by Crippen LogP contribution is 2.32. The molecule has 2 atom stereocenters. The van der Waals surface area contributed by atoms with Crippen molar-refractivity contribution in [3.05, 3.63) is 34.3 Å². The van der Waals surface area contributed by atoms with Crippen LogP contribution in [0.2, 0.25) is 5.02 Å². The number of nitrogens with one attached hydrogen (secondary N) is 1. The van der Waals surface area contributed by atoms with Crippen LogP contribution in [0.15, 0.2) is 18.2 Å². The fraction of sp³-hybridized carbons (Fsp3) is 0.611. The number of benzene rings is 1. The number of amides is 1. The van der Waals surface area contributed by atoms with E-state index < -0.39 is 5.60 Å². The molecular weight excluding hydrogens is 312 g/mol. The molecule has 1 amide bonds. The lowest BCUT2D eigenvalue weighted by Crippen LogP contribution is -2.36. The third-order valence-electron chi connectivity index (χ3n) is 4.21. The van der Waals surface area contributed by atoms with Crippen LogP contribution in [0, 0.1) is 12.8 Å². The molecule has 0 spiro atoms. The Morgan fingerprint density at radius 3 is 2.70 bits per heavy atom. The fourth-order valence-corrected chi connectivity index (χ4v) is 3.22. The van der Waals surface area contributed by atoms with Crippen molar-refractivity contribution in [3.8, 4) is 0 Å². The fourth-order valence-electron chi connectivity index (χ4n) is 3.03. The summed E-state index contributed by atoms with van der Waals surface area (Å²) in [4.78, 5) is 14.0. The first-order valence-electron chi connectivity index (χ1n) is 8.12. The Morgan fingerprint density at radius 1 is 1.43 bits per heavy atom. The summed E-state index contributed by atoms with van der Waals surface area (Å²) in [5.74, 6) is 0.353. The number of likely N-dealkylation sites (tertiary alicyclic amines) is 1. The van der Waals surface area contributed by atoms with Crippen LogP contribution in [0.1, 0.15) is 44.4 Å². The first-order chi connectivity index (χ1) is 10.7. The largest absolute Gasteiger partial charge is 0.444 e. The van der Waals surface area contributed by atoms with Gasteiger partial charge in [-0.3, -0.25) is 0 Å². The van der Waals surface area contributed by atoms with Crippen molar-refractivity contribution in [2.45, 2.75) is 45.8 Å². The summed E-state index contributed by atoms with van der Waals surface area (Å²) in [6.07, 6.45) is 0.729. The van der Waals surface area contributed by atoms with Crippen molar-refractivity contribution < 1.29 is 9.53 Å². The summed E-state index contributed by atoms with van der Waals surface area (Å²) in [6, 6.07) is 6.36. The van der Waals surface area contributed by atoms with Gasteiger partial charge in [0.15, 0.2) is 0 Å². The van der Waals surface area contributed by atoms with Crippen LogP contribution < -0.4 is 5.32 Å². The second kappa shape index (κ2) is 7.10. The lowest BCUT2D eigenvalue weighted by atomic mass is 9.92. The van der Waals surface area contributed by atoms with E-state index in [1.54, 1.807) is 4.90 Å². The minimum atomic E-state index is -0.456. The number of halogens is 1.